The highest BCUT2D eigenvalue weighted by Gasteiger charge is 2.31. The van der Waals surface area contributed by atoms with Crippen LogP contribution >= 0.6 is 0 Å². The molecule has 0 saturated heterocycles. The first-order valence-corrected chi connectivity index (χ1v) is 6.94. The van der Waals surface area contributed by atoms with Crippen LogP contribution < -0.4 is 15.0 Å². The van der Waals surface area contributed by atoms with Crippen molar-refractivity contribution in [3.63, 3.8) is 0 Å². The van der Waals surface area contributed by atoms with Crippen LogP contribution in [-0.2, 0) is 14.3 Å². The second-order valence-electron chi connectivity index (χ2n) is 4.88. The van der Waals surface area contributed by atoms with E-state index in [9.17, 15) is 9.59 Å². The molecule has 1 N–H and O–H groups in total. The van der Waals surface area contributed by atoms with Gasteiger partial charge in [-0.1, -0.05) is 6.07 Å². The van der Waals surface area contributed by atoms with Crippen LogP contribution in [0.15, 0.2) is 18.2 Å². The molecule has 1 heterocycles. The third-order valence-corrected chi connectivity index (χ3v) is 3.27. The van der Waals surface area contributed by atoms with Crippen molar-refractivity contribution in [2.45, 2.75) is 20.0 Å². The van der Waals surface area contributed by atoms with Crippen molar-refractivity contribution in [3.05, 3.63) is 23.8 Å². The van der Waals surface area contributed by atoms with Crippen LogP contribution in [-0.4, -0.2) is 44.7 Å². The lowest BCUT2D eigenvalue weighted by molar-refractivity contribution is -0.141. The van der Waals surface area contributed by atoms with Gasteiger partial charge in [0.2, 0.25) is 0 Å². The van der Waals surface area contributed by atoms with Crippen LogP contribution in [0.1, 0.15) is 12.5 Å². The van der Waals surface area contributed by atoms with Gasteiger partial charge in [0.15, 0.2) is 6.10 Å². The molecule has 1 aliphatic heterocycles. The van der Waals surface area contributed by atoms with Gasteiger partial charge in [-0.05, 0) is 31.5 Å². The molecule has 0 bridgehead atoms. The normalized spacial score (nSPS) is 16.7. The highest BCUT2D eigenvalue weighted by atomic mass is 16.5. The van der Waals surface area contributed by atoms with Crippen LogP contribution in [0.4, 0.5) is 5.69 Å². The average Bonchev–Trinajstić information content (AvgIpc) is 2.47. The lowest BCUT2D eigenvalue weighted by Gasteiger charge is -2.35. The minimum atomic E-state index is -0.639. The smallest absolute Gasteiger partial charge is 0.325 e. The van der Waals surface area contributed by atoms with Crippen molar-refractivity contribution in [2.75, 3.05) is 31.6 Å². The maximum atomic E-state index is 11.8. The molecule has 114 valence electrons. The second-order valence-corrected chi connectivity index (χ2v) is 4.88. The van der Waals surface area contributed by atoms with Gasteiger partial charge in [-0.3, -0.25) is 9.59 Å². The molecule has 1 aromatic rings. The van der Waals surface area contributed by atoms with E-state index in [0.717, 1.165) is 11.3 Å². The number of carbonyl (C=O) groups excluding carboxylic acids is 2. The third kappa shape index (κ3) is 3.45. The average molecular weight is 292 g/mol. The number of nitrogens with zero attached hydrogens (tertiary/aromatic N) is 1. The van der Waals surface area contributed by atoms with Gasteiger partial charge in [0.05, 0.1) is 18.8 Å². The third-order valence-electron chi connectivity index (χ3n) is 3.27. The molecular formula is C15H20N2O4. The summed E-state index contributed by atoms with van der Waals surface area (Å²) in [6, 6.07) is 5.67. The van der Waals surface area contributed by atoms with Crippen molar-refractivity contribution in [1.82, 2.24) is 5.32 Å². The summed E-state index contributed by atoms with van der Waals surface area (Å²) < 4.78 is 10.7. The van der Waals surface area contributed by atoms with Gasteiger partial charge in [-0.25, -0.2) is 0 Å². The van der Waals surface area contributed by atoms with E-state index in [1.165, 1.54) is 0 Å². The van der Waals surface area contributed by atoms with E-state index in [-0.39, 0.29) is 18.4 Å². The zero-order valence-electron chi connectivity index (χ0n) is 12.5. The fraction of sp³-hybridized carbons (Fsp3) is 0.467. The highest BCUT2D eigenvalue weighted by molar-refractivity contribution is 5.84. The SMILES string of the molecule is CCOC(=O)CN1CC(C(=O)NC)Oc2ccc(C)cc21. The number of ether oxygens (including phenoxy) is 2. The zero-order valence-corrected chi connectivity index (χ0v) is 12.5. The summed E-state index contributed by atoms with van der Waals surface area (Å²) in [5.41, 5.74) is 1.87. The summed E-state index contributed by atoms with van der Waals surface area (Å²) in [6.07, 6.45) is -0.639. The van der Waals surface area contributed by atoms with Crippen LogP contribution in [0, 0.1) is 6.92 Å². The summed E-state index contributed by atoms with van der Waals surface area (Å²) >= 11 is 0. The van der Waals surface area contributed by atoms with E-state index in [1.54, 1.807) is 14.0 Å². The van der Waals surface area contributed by atoms with E-state index in [1.807, 2.05) is 30.0 Å². The molecule has 0 aliphatic carbocycles. The monoisotopic (exact) mass is 292 g/mol. The van der Waals surface area contributed by atoms with E-state index in [2.05, 4.69) is 5.32 Å². The number of likely N-dealkylation sites (N-methyl/N-ethyl adjacent to an activating group) is 1. The van der Waals surface area contributed by atoms with E-state index < -0.39 is 6.10 Å². The zero-order chi connectivity index (χ0) is 15.4. The molecule has 0 fully saturated rings. The molecule has 6 heteroatoms. The second kappa shape index (κ2) is 6.47. The van der Waals surface area contributed by atoms with Gasteiger partial charge in [0.25, 0.3) is 5.91 Å². The standard InChI is InChI=1S/C15H20N2O4/c1-4-20-14(18)9-17-8-13(15(19)16-3)21-12-6-5-10(2)7-11(12)17/h5-7,13H,4,8-9H2,1-3H3,(H,16,19). The predicted octanol–water partition coefficient (Wildman–Crippen LogP) is 0.872. The maximum Gasteiger partial charge on any atom is 0.325 e. The first-order valence-electron chi connectivity index (χ1n) is 6.94. The largest absolute Gasteiger partial charge is 0.477 e. The van der Waals surface area contributed by atoms with E-state index in [0.29, 0.717) is 18.9 Å². The van der Waals surface area contributed by atoms with Gasteiger partial charge in [0.1, 0.15) is 12.3 Å². The number of anilines is 1. The van der Waals surface area contributed by atoms with Crippen LogP contribution in [0.2, 0.25) is 0 Å². The Bertz CT molecular complexity index is 544. The number of benzene rings is 1. The van der Waals surface area contributed by atoms with Gasteiger partial charge < -0.3 is 19.7 Å². The first kappa shape index (κ1) is 15.2. The molecule has 1 unspecified atom stereocenters. The number of rotatable bonds is 4. The molecule has 0 saturated carbocycles. The number of aryl methyl sites for hydroxylation is 1. The summed E-state index contributed by atoms with van der Waals surface area (Å²) in [7, 11) is 1.56. The number of hydrogen-bond donors (Lipinski definition) is 1. The van der Waals surface area contributed by atoms with Crippen molar-refractivity contribution < 1.29 is 19.1 Å². The molecule has 6 nitrogen and oxygen atoms in total. The molecular weight excluding hydrogens is 272 g/mol. The lowest BCUT2D eigenvalue weighted by atomic mass is 10.1. The fourth-order valence-electron chi connectivity index (χ4n) is 2.27. The van der Waals surface area contributed by atoms with Crippen LogP contribution in [0.25, 0.3) is 0 Å². The molecule has 1 atom stereocenters. The summed E-state index contributed by atoms with van der Waals surface area (Å²) in [5.74, 6) is 0.0716. The molecule has 1 amide bonds. The minimum Gasteiger partial charge on any atom is -0.477 e. The van der Waals surface area contributed by atoms with Gasteiger partial charge in [0, 0.05) is 7.05 Å². The number of fused-ring (bicyclic) bond motifs is 1. The Morgan fingerprint density at radius 2 is 2.24 bits per heavy atom. The Balaban J connectivity index is 2.26. The lowest BCUT2D eigenvalue weighted by Crippen LogP contribution is -2.49. The maximum absolute atomic E-state index is 11.8. The Hall–Kier alpha value is -2.24. The molecule has 2 rings (SSSR count). The number of nitrogens with one attached hydrogen (secondary N) is 1. The van der Waals surface area contributed by atoms with E-state index in [4.69, 9.17) is 9.47 Å². The van der Waals surface area contributed by atoms with Crippen molar-refractivity contribution >= 4 is 17.6 Å². The van der Waals surface area contributed by atoms with Gasteiger partial charge in [-0.2, -0.15) is 0 Å². The number of esters is 1. The van der Waals surface area contributed by atoms with Gasteiger partial charge >= 0.3 is 5.97 Å². The Labute approximate surface area is 124 Å². The predicted molar refractivity (Wildman–Crippen MR) is 78.5 cm³/mol. The van der Waals surface area contributed by atoms with Crippen LogP contribution in [0.3, 0.4) is 0 Å². The van der Waals surface area contributed by atoms with Crippen molar-refractivity contribution in [2.24, 2.45) is 0 Å². The van der Waals surface area contributed by atoms with E-state index >= 15 is 0 Å². The van der Waals surface area contributed by atoms with Crippen LogP contribution in [0.5, 0.6) is 5.75 Å². The van der Waals surface area contributed by atoms with Crippen molar-refractivity contribution in [3.8, 4) is 5.75 Å². The number of carbonyl (C=O) groups is 2. The minimum absolute atomic E-state index is 0.0984. The Kier molecular flexibility index (Phi) is 4.67. The fourth-order valence-corrected chi connectivity index (χ4v) is 2.27. The molecule has 0 aromatic heterocycles. The number of amides is 1. The molecule has 1 aliphatic rings. The molecule has 0 radical (unpaired) electrons. The summed E-state index contributed by atoms with van der Waals surface area (Å²) in [6.45, 7) is 4.48. The van der Waals surface area contributed by atoms with Crippen molar-refractivity contribution in [1.29, 1.82) is 0 Å². The molecule has 21 heavy (non-hydrogen) atoms. The number of hydrogen-bond acceptors (Lipinski definition) is 5. The summed E-state index contributed by atoms with van der Waals surface area (Å²) in [4.78, 5) is 25.4. The quantitative estimate of drug-likeness (QED) is 0.834. The summed E-state index contributed by atoms with van der Waals surface area (Å²) in [5, 5.41) is 2.57. The molecule has 0 spiro atoms. The molecule has 1 aromatic carbocycles. The highest BCUT2D eigenvalue weighted by Crippen LogP contribution is 2.34. The first-order chi connectivity index (χ1) is 10.0. The Morgan fingerprint density at radius 3 is 2.90 bits per heavy atom. The van der Waals surface area contributed by atoms with Gasteiger partial charge in [-0.15, -0.1) is 0 Å². The topological polar surface area (TPSA) is 67.9 Å². The Morgan fingerprint density at radius 1 is 1.48 bits per heavy atom.